The normalized spacial score (nSPS) is 12.1. The quantitative estimate of drug-likeness (QED) is 0.495. The standard InChI is InChI=1S/C21H18N4O4S/c1-3-15(18(26)24-13-8-6-12(7-9-13)21(28)29-2)25-11-23-16-14-5-4-10-22-19(14)30-17(16)20(25)27/h4-11,15H,3H2,1-2H3,(H,24,26)/t15-/m1/s1. The van der Waals surface area contributed by atoms with Gasteiger partial charge in [-0.05, 0) is 42.8 Å². The Morgan fingerprint density at radius 2 is 1.97 bits per heavy atom. The van der Waals surface area contributed by atoms with Crippen LogP contribution in [-0.2, 0) is 9.53 Å². The summed E-state index contributed by atoms with van der Waals surface area (Å²) in [6.07, 6.45) is 3.49. The Morgan fingerprint density at radius 1 is 1.20 bits per heavy atom. The molecule has 1 amide bonds. The number of nitrogens with one attached hydrogen (secondary N) is 1. The Labute approximate surface area is 175 Å². The summed E-state index contributed by atoms with van der Waals surface area (Å²) in [4.78, 5) is 47.0. The van der Waals surface area contributed by atoms with Crippen LogP contribution in [0.1, 0.15) is 29.7 Å². The summed E-state index contributed by atoms with van der Waals surface area (Å²) < 4.78 is 6.50. The molecule has 152 valence electrons. The van der Waals surface area contributed by atoms with E-state index in [1.807, 2.05) is 13.0 Å². The van der Waals surface area contributed by atoms with Gasteiger partial charge in [0.15, 0.2) is 0 Å². The van der Waals surface area contributed by atoms with Gasteiger partial charge in [0.2, 0.25) is 5.91 Å². The fourth-order valence-electron chi connectivity index (χ4n) is 3.25. The number of thiophene rings is 1. The molecule has 0 aliphatic rings. The predicted octanol–water partition coefficient (Wildman–Crippen LogP) is 3.38. The molecule has 0 bridgehead atoms. The molecule has 0 radical (unpaired) electrons. The molecule has 0 unspecified atom stereocenters. The van der Waals surface area contributed by atoms with E-state index in [2.05, 4.69) is 20.0 Å². The second kappa shape index (κ2) is 8.03. The van der Waals surface area contributed by atoms with Crippen molar-refractivity contribution in [2.45, 2.75) is 19.4 Å². The lowest BCUT2D eigenvalue weighted by Crippen LogP contribution is -2.33. The van der Waals surface area contributed by atoms with Crippen molar-refractivity contribution in [3.8, 4) is 0 Å². The van der Waals surface area contributed by atoms with Crippen LogP contribution in [0, 0.1) is 0 Å². The molecule has 9 heteroatoms. The minimum atomic E-state index is -0.729. The maximum absolute atomic E-state index is 13.1. The Morgan fingerprint density at radius 3 is 2.67 bits per heavy atom. The molecular formula is C21H18N4O4S. The number of pyridine rings is 1. The summed E-state index contributed by atoms with van der Waals surface area (Å²) in [5, 5.41) is 3.61. The highest BCUT2D eigenvalue weighted by atomic mass is 32.1. The number of amides is 1. The third-order valence-corrected chi connectivity index (χ3v) is 5.87. The van der Waals surface area contributed by atoms with Gasteiger partial charge in [-0.25, -0.2) is 14.8 Å². The van der Waals surface area contributed by atoms with Gasteiger partial charge in [-0.15, -0.1) is 11.3 Å². The van der Waals surface area contributed by atoms with Crippen LogP contribution in [0.5, 0.6) is 0 Å². The minimum absolute atomic E-state index is 0.272. The van der Waals surface area contributed by atoms with Crippen LogP contribution in [0.3, 0.4) is 0 Å². The number of ether oxygens (including phenoxy) is 1. The summed E-state index contributed by atoms with van der Waals surface area (Å²) in [6, 6.07) is 9.29. The molecule has 4 aromatic rings. The number of esters is 1. The first-order valence-corrected chi connectivity index (χ1v) is 10.1. The first-order chi connectivity index (χ1) is 14.5. The lowest BCUT2D eigenvalue weighted by molar-refractivity contribution is -0.119. The van der Waals surface area contributed by atoms with Crippen molar-refractivity contribution in [2.24, 2.45) is 0 Å². The molecule has 3 heterocycles. The lowest BCUT2D eigenvalue weighted by Gasteiger charge is -2.17. The second-order valence-corrected chi connectivity index (χ2v) is 7.57. The molecule has 4 rings (SSSR count). The third kappa shape index (κ3) is 3.43. The number of benzene rings is 1. The predicted molar refractivity (Wildman–Crippen MR) is 115 cm³/mol. The molecule has 8 nitrogen and oxygen atoms in total. The number of nitrogens with zero attached hydrogens (tertiary/aromatic N) is 3. The number of methoxy groups -OCH3 is 1. The van der Waals surface area contributed by atoms with Crippen LogP contribution < -0.4 is 10.9 Å². The fraction of sp³-hybridized carbons (Fsp3) is 0.190. The first-order valence-electron chi connectivity index (χ1n) is 9.27. The molecule has 0 aliphatic carbocycles. The topological polar surface area (TPSA) is 103 Å². The van der Waals surface area contributed by atoms with Gasteiger partial charge in [0.25, 0.3) is 5.56 Å². The van der Waals surface area contributed by atoms with Gasteiger partial charge in [0.05, 0.1) is 24.5 Å². The molecule has 0 saturated heterocycles. The van der Waals surface area contributed by atoms with Crippen molar-refractivity contribution in [2.75, 3.05) is 12.4 Å². The summed E-state index contributed by atoms with van der Waals surface area (Å²) in [6.45, 7) is 1.83. The molecule has 1 N–H and O–H groups in total. The van der Waals surface area contributed by atoms with E-state index in [1.165, 1.54) is 29.3 Å². The third-order valence-electron chi connectivity index (χ3n) is 4.78. The van der Waals surface area contributed by atoms with E-state index < -0.39 is 12.0 Å². The highest BCUT2D eigenvalue weighted by Gasteiger charge is 2.22. The van der Waals surface area contributed by atoms with Gasteiger partial charge in [0.1, 0.15) is 15.6 Å². The summed E-state index contributed by atoms with van der Waals surface area (Å²) >= 11 is 1.27. The van der Waals surface area contributed by atoms with Crippen molar-refractivity contribution in [3.05, 3.63) is 64.8 Å². The number of carbonyl (C=O) groups is 2. The molecule has 1 atom stereocenters. The fourth-order valence-corrected chi connectivity index (χ4v) is 4.28. The second-order valence-electron chi connectivity index (χ2n) is 6.58. The molecule has 1 aromatic carbocycles. The minimum Gasteiger partial charge on any atom is -0.465 e. The van der Waals surface area contributed by atoms with Gasteiger partial charge in [-0.1, -0.05) is 6.92 Å². The first kappa shape index (κ1) is 19.7. The Balaban J connectivity index is 1.64. The van der Waals surface area contributed by atoms with Crippen molar-refractivity contribution < 1.29 is 14.3 Å². The average Bonchev–Trinajstić information content (AvgIpc) is 3.15. The summed E-state index contributed by atoms with van der Waals surface area (Å²) in [5.74, 6) is -0.797. The largest absolute Gasteiger partial charge is 0.465 e. The zero-order valence-corrected chi connectivity index (χ0v) is 17.1. The van der Waals surface area contributed by atoms with Gasteiger partial charge in [-0.3, -0.25) is 14.2 Å². The van der Waals surface area contributed by atoms with Crippen LogP contribution in [0.2, 0.25) is 0 Å². The Hall–Kier alpha value is -3.59. The highest BCUT2D eigenvalue weighted by molar-refractivity contribution is 7.25. The van der Waals surface area contributed by atoms with Gasteiger partial charge >= 0.3 is 5.97 Å². The number of aromatic nitrogens is 3. The zero-order valence-electron chi connectivity index (χ0n) is 16.3. The van der Waals surface area contributed by atoms with E-state index >= 15 is 0 Å². The number of anilines is 1. The zero-order chi connectivity index (χ0) is 21.3. The number of hydrogen-bond donors (Lipinski definition) is 1. The van der Waals surface area contributed by atoms with E-state index in [9.17, 15) is 14.4 Å². The van der Waals surface area contributed by atoms with Gasteiger partial charge in [-0.2, -0.15) is 0 Å². The van der Waals surface area contributed by atoms with E-state index in [0.717, 1.165) is 10.2 Å². The molecule has 0 fully saturated rings. The Kier molecular flexibility index (Phi) is 5.28. The number of rotatable bonds is 5. The maximum Gasteiger partial charge on any atom is 0.337 e. The molecule has 30 heavy (non-hydrogen) atoms. The van der Waals surface area contributed by atoms with E-state index in [0.29, 0.717) is 27.9 Å². The monoisotopic (exact) mass is 422 g/mol. The lowest BCUT2D eigenvalue weighted by atomic mass is 10.1. The SMILES string of the molecule is CC[C@H](C(=O)Nc1ccc(C(=O)OC)cc1)n1cnc2c(sc3ncccc32)c1=O. The van der Waals surface area contributed by atoms with Crippen LogP contribution in [0.4, 0.5) is 5.69 Å². The highest BCUT2D eigenvalue weighted by Crippen LogP contribution is 2.28. The van der Waals surface area contributed by atoms with Crippen LogP contribution >= 0.6 is 11.3 Å². The summed E-state index contributed by atoms with van der Waals surface area (Å²) in [7, 11) is 1.30. The number of hydrogen-bond acceptors (Lipinski definition) is 7. The molecule has 0 aliphatic heterocycles. The summed E-state index contributed by atoms with van der Waals surface area (Å²) in [5.41, 5.74) is 1.22. The van der Waals surface area contributed by atoms with Crippen molar-refractivity contribution in [1.29, 1.82) is 0 Å². The van der Waals surface area contributed by atoms with E-state index in [-0.39, 0.29) is 11.5 Å². The molecule has 0 saturated carbocycles. The molecule has 3 aromatic heterocycles. The maximum atomic E-state index is 13.1. The average molecular weight is 422 g/mol. The van der Waals surface area contributed by atoms with Crippen LogP contribution in [-0.4, -0.2) is 33.5 Å². The van der Waals surface area contributed by atoms with E-state index in [1.54, 1.807) is 36.5 Å². The number of carbonyl (C=O) groups excluding carboxylic acids is 2. The van der Waals surface area contributed by atoms with E-state index in [4.69, 9.17) is 0 Å². The van der Waals surface area contributed by atoms with Crippen LogP contribution in [0.15, 0.2) is 53.7 Å². The van der Waals surface area contributed by atoms with Crippen molar-refractivity contribution in [3.63, 3.8) is 0 Å². The van der Waals surface area contributed by atoms with Gasteiger partial charge in [0, 0.05) is 17.3 Å². The number of fused-ring (bicyclic) bond motifs is 3. The van der Waals surface area contributed by atoms with Crippen molar-refractivity contribution >= 4 is 49.3 Å². The van der Waals surface area contributed by atoms with Gasteiger partial charge < -0.3 is 10.1 Å². The van der Waals surface area contributed by atoms with Crippen molar-refractivity contribution in [1.82, 2.24) is 14.5 Å². The Bertz CT molecular complexity index is 1310. The molecule has 0 spiro atoms. The molecular weight excluding hydrogens is 404 g/mol. The van der Waals surface area contributed by atoms with Crippen LogP contribution in [0.25, 0.3) is 20.4 Å². The smallest absolute Gasteiger partial charge is 0.337 e.